The van der Waals surface area contributed by atoms with E-state index in [1.165, 1.54) is 25.1 Å². The van der Waals surface area contributed by atoms with Crippen molar-refractivity contribution in [2.24, 2.45) is 11.8 Å². The molecule has 0 aliphatic carbocycles. The Morgan fingerprint density at radius 1 is 0.810 bits per heavy atom. The molecule has 5 N–H and O–H groups in total. The minimum Gasteiger partial charge on any atom is -0.391 e. The van der Waals surface area contributed by atoms with Crippen molar-refractivity contribution in [2.45, 2.75) is 85.5 Å². The molecule has 4 atom stereocenters. The van der Waals surface area contributed by atoms with Gasteiger partial charge in [-0.05, 0) is 70.2 Å². The van der Waals surface area contributed by atoms with Crippen molar-refractivity contribution in [3.8, 4) is 0 Å². The van der Waals surface area contributed by atoms with Crippen LogP contribution in [-0.2, 0) is 14.8 Å². The summed E-state index contributed by atoms with van der Waals surface area (Å²) in [5.41, 5.74) is 1.10. The zero-order valence-corrected chi connectivity index (χ0v) is 26.4. The highest BCUT2D eigenvalue weighted by molar-refractivity contribution is 7.92. The van der Waals surface area contributed by atoms with Crippen LogP contribution >= 0.6 is 0 Å². The van der Waals surface area contributed by atoms with Crippen molar-refractivity contribution >= 4 is 33.4 Å². The van der Waals surface area contributed by atoms with E-state index in [1.807, 2.05) is 65.0 Å². The van der Waals surface area contributed by atoms with Gasteiger partial charge in [-0.3, -0.25) is 19.1 Å². The molecular weight excluding hydrogens is 556 g/mol. The van der Waals surface area contributed by atoms with Gasteiger partial charge in [-0.1, -0.05) is 51.1 Å². The Morgan fingerprint density at radius 2 is 1.38 bits per heavy atom. The molecule has 0 saturated heterocycles. The fraction of sp³-hybridized carbons (Fsp3) is 0.516. The van der Waals surface area contributed by atoms with E-state index in [9.17, 15) is 27.9 Å². The molecule has 2 aromatic rings. The van der Waals surface area contributed by atoms with Gasteiger partial charge in [0.25, 0.3) is 11.8 Å². The molecule has 0 aromatic heterocycles. The molecule has 3 amide bonds. The Hall–Kier alpha value is -3.44. The summed E-state index contributed by atoms with van der Waals surface area (Å²) in [6.07, 6.45) is -0.437. The summed E-state index contributed by atoms with van der Waals surface area (Å²) in [6, 6.07) is 12.4. The Balaban J connectivity index is 2.35. The number of aliphatic hydroxyl groups excluding tert-OH is 1. The average Bonchev–Trinajstić information content (AvgIpc) is 2.91. The fourth-order valence-corrected chi connectivity index (χ4v) is 5.06. The summed E-state index contributed by atoms with van der Waals surface area (Å²) < 4.78 is 27.1. The van der Waals surface area contributed by atoms with Crippen molar-refractivity contribution in [1.29, 1.82) is 0 Å². The highest BCUT2D eigenvalue weighted by Gasteiger charge is 2.28. The standard InChI is InChI=1S/C31H46N4O6S/c1-8-42(40,41)35-26-17-24(30(38)33-22(7)23-12-10-9-11-13-23)16-25(18-26)31(39)34-27(14-19(2)3)28(36)15-21(6)29(37)32-20(4)5/h9-13,16-22,27-28,35-36H,8,14-15H2,1-7H3,(H,32,37)(H,33,38)(H,34,39). The molecule has 0 aliphatic heterocycles. The molecule has 0 heterocycles. The number of amides is 3. The number of hydrogen-bond acceptors (Lipinski definition) is 6. The van der Waals surface area contributed by atoms with Gasteiger partial charge in [0.1, 0.15) is 0 Å². The second kappa shape index (κ2) is 15.7. The van der Waals surface area contributed by atoms with Crippen LogP contribution in [0.1, 0.15) is 93.6 Å². The minimum atomic E-state index is -3.70. The van der Waals surface area contributed by atoms with Crippen LogP contribution in [0.5, 0.6) is 0 Å². The van der Waals surface area contributed by atoms with E-state index in [0.29, 0.717) is 6.42 Å². The van der Waals surface area contributed by atoms with E-state index >= 15 is 0 Å². The lowest BCUT2D eigenvalue weighted by molar-refractivity contribution is -0.126. The molecule has 0 radical (unpaired) electrons. The van der Waals surface area contributed by atoms with Crippen LogP contribution in [0.15, 0.2) is 48.5 Å². The summed E-state index contributed by atoms with van der Waals surface area (Å²) in [6.45, 7) is 12.6. The highest BCUT2D eigenvalue weighted by Crippen LogP contribution is 2.21. The molecule has 232 valence electrons. The van der Waals surface area contributed by atoms with Gasteiger partial charge < -0.3 is 21.1 Å². The lowest BCUT2D eigenvalue weighted by Gasteiger charge is -2.28. The topological polar surface area (TPSA) is 154 Å². The van der Waals surface area contributed by atoms with Crippen LogP contribution in [0.4, 0.5) is 5.69 Å². The first kappa shape index (κ1) is 34.8. The lowest BCUT2D eigenvalue weighted by atomic mass is 9.92. The smallest absolute Gasteiger partial charge is 0.251 e. The first-order valence-electron chi connectivity index (χ1n) is 14.4. The van der Waals surface area contributed by atoms with Crippen molar-refractivity contribution in [1.82, 2.24) is 16.0 Å². The number of nitrogens with one attached hydrogen (secondary N) is 4. The summed E-state index contributed by atoms with van der Waals surface area (Å²) in [5.74, 6) is -1.81. The number of rotatable bonds is 15. The van der Waals surface area contributed by atoms with Crippen molar-refractivity contribution < 1.29 is 27.9 Å². The van der Waals surface area contributed by atoms with Crippen LogP contribution in [-0.4, -0.2) is 55.2 Å². The van der Waals surface area contributed by atoms with Gasteiger partial charge in [0.05, 0.1) is 29.6 Å². The first-order valence-corrected chi connectivity index (χ1v) is 16.1. The Bertz CT molecular complexity index is 1310. The molecule has 0 spiro atoms. The molecule has 2 rings (SSSR count). The molecule has 0 saturated carbocycles. The zero-order valence-electron chi connectivity index (χ0n) is 25.6. The Morgan fingerprint density at radius 3 is 1.90 bits per heavy atom. The van der Waals surface area contributed by atoms with E-state index in [2.05, 4.69) is 20.7 Å². The predicted octanol–water partition coefficient (Wildman–Crippen LogP) is 4.00. The normalized spacial score (nSPS) is 14.5. The van der Waals surface area contributed by atoms with E-state index in [4.69, 9.17) is 0 Å². The maximum Gasteiger partial charge on any atom is 0.251 e. The van der Waals surface area contributed by atoms with Gasteiger partial charge in [-0.15, -0.1) is 0 Å². The maximum atomic E-state index is 13.5. The molecule has 10 nitrogen and oxygen atoms in total. The molecule has 4 unspecified atom stereocenters. The summed E-state index contributed by atoms with van der Waals surface area (Å²) in [7, 11) is -3.70. The van der Waals surface area contributed by atoms with E-state index in [-0.39, 0.29) is 52.9 Å². The third kappa shape index (κ3) is 11.1. The van der Waals surface area contributed by atoms with Crippen LogP contribution in [0.25, 0.3) is 0 Å². The quantitative estimate of drug-likeness (QED) is 0.208. The third-order valence-electron chi connectivity index (χ3n) is 6.74. The molecule has 11 heteroatoms. The van der Waals surface area contributed by atoms with Gasteiger partial charge in [0.15, 0.2) is 0 Å². The van der Waals surface area contributed by atoms with Crippen molar-refractivity contribution in [3.63, 3.8) is 0 Å². The number of benzene rings is 2. The maximum absolute atomic E-state index is 13.5. The number of anilines is 1. The first-order chi connectivity index (χ1) is 19.6. The van der Waals surface area contributed by atoms with E-state index in [0.717, 1.165) is 5.56 Å². The van der Waals surface area contributed by atoms with Gasteiger partial charge in [0.2, 0.25) is 15.9 Å². The zero-order chi connectivity index (χ0) is 31.6. The van der Waals surface area contributed by atoms with Gasteiger partial charge in [-0.25, -0.2) is 8.42 Å². The highest BCUT2D eigenvalue weighted by atomic mass is 32.2. The second-order valence-electron chi connectivity index (χ2n) is 11.5. The van der Waals surface area contributed by atoms with Crippen LogP contribution < -0.4 is 20.7 Å². The monoisotopic (exact) mass is 602 g/mol. The molecule has 0 fully saturated rings. The Kier molecular flexibility index (Phi) is 13.0. The fourth-order valence-electron chi connectivity index (χ4n) is 4.44. The largest absolute Gasteiger partial charge is 0.391 e. The summed E-state index contributed by atoms with van der Waals surface area (Å²) in [4.78, 5) is 39.2. The van der Waals surface area contributed by atoms with Crippen LogP contribution in [0, 0.1) is 11.8 Å². The molecule has 0 bridgehead atoms. The van der Waals surface area contributed by atoms with Crippen molar-refractivity contribution in [3.05, 3.63) is 65.2 Å². The number of aliphatic hydroxyl groups is 1. The van der Waals surface area contributed by atoms with Gasteiger partial charge >= 0.3 is 0 Å². The SMILES string of the molecule is CCS(=O)(=O)Nc1cc(C(=O)NC(C)c2ccccc2)cc(C(=O)NC(CC(C)C)C(O)CC(C)C(=O)NC(C)C)c1. The molecular formula is C31H46N4O6S. The van der Waals surface area contributed by atoms with Crippen LogP contribution in [0.3, 0.4) is 0 Å². The number of sulfonamides is 1. The number of carbonyl (C=O) groups is 3. The van der Waals surface area contributed by atoms with E-state index < -0.39 is 39.9 Å². The minimum absolute atomic E-state index is 0.0391. The van der Waals surface area contributed by atoms with Crippen molar-refractivity contribution in [2.75, 3.05) is 10.5 Å². The van der Waals surface area contributed by atoms with Gasteiger partial charge in [-0.2, -0.15) is 0 Å². The number of carbonyl (C=O) groups excluding carboxylic acids is 3. The molecule has 42 heavy (non-hydrogen) atoms. The van der Waals surface area contributed by atoms with Gasteiger partial charge in [0, 0.05) is 23.1 Å². The Labute approximate surface area is 250 Å². The third-order valence-corrected chi connectivity index (χ3v) is 8.04. The average molecular weight is 603 g/mol. The second-order valence-corrected chi connectivity index (χ2v) is 13.5. The summed E-state index contributed by atoms with van der Waals surface area (Å²) in [5, 5.41) is 19.6. The van der Waals surface area contributed by atoms with Crippen LogP contribution in [0.2, 0.25) is 0 Å². The number of hydrogen-bond donors (Lipinski definition) is 5. The molecule has 2 aromatic carbocycles. The molecule has 0 aliphatic rings. The van der Waals surface area contributed by atoms with E-state index in [1.54, 1.807) is 6.92 Å². The summed E-state index contributed by atoms with van der Waals surface area (Å²) >= 11 is 0. The predicted molar refractivity (Wildman–Crippen MR) is 166 cm³/mol. The lowest BCUT2D eigenvalue weighted by Crippen LogP contribution is -2.46.